The van der Waals surface area contributed by atoms with E-state index in [9.17, 15) is 18.0 Å². The molecule has 9 heteroatoms. The number of nitrogens with zero attached hydrogens (tertiary/aromatic N) is 2. The Kier molecular flexibility index (Phi) is 5.95. The number of alkyl carbamates (subject to hydrolysis) is 1. The second kappa shape index (κ2) is 7.28. The minimum Gasteiger partial charge on any atom is -0.444 e. The fraction of sp³-hybridized carbons (Fsp3) is 0.615. The summed E-state index contributed by atoms with van der Waals surface area (Å²) in [4.78, 5) is 11.3. The highest BCUT2D eigenvalue weighted by Gasteiger charge is 2.32. The van der Waals surface area contributed by atoms with Gasteiger partial charge in [-0.25, -0.2) is 4.79 Å². The Morgan fingerprint density at radius 2 is 1.86 bits per heavy atom. The van der Waals surface area contributed by atoms with Gasteiger partial charge in [-0.05, 0) is 39.3 Å². The third kappa shape index (κ3) is 7.09. The van der Waals surface area contributed by atoms with Crippen LogP contribution in [0.2, 0.25) is 0 Å². The van der Waals surface area contributed by atoms with E-state index in [1.54, 1.807) is 20.8 Å². The van der Waals surface area contributed by atoms with Crippen LogP contribution in [0, 0.1) is 0 Å². The summed E-state index contributed by atoms with van der Waals surface area (Å²) in [6.45, 7) is 6.08. The summed E-state index contributed by atoms with van der Waals surface area (Å²) in [6, 6.07) is 2.06. The molecular weight excluding hydrogens is 301 g/mol. The van der Waals surface area contributed by atoms with Gasteiger partial charge >= 0.3 is 12.3 Å². The van der Waals surface area contributed by atoms with Gasteiger partial charge in [-0.2, -0.15) is 13.2 Å². The molecule has 6 nitrogen and oxygen atoms in total. The van der Waals surface area contributed by atoms with E-state index in [0.717, 1.165) is 6.07 Å². The maximum atomic E-state index is 12.3. The van der Waals surface area contributed by atoms with Gasteiger partial charge in [-0.3, -0.25) is 0 Å². The fourth-order valence-electron chi connectivity index (χ4n) is 1.39. The lowest BCUT2D eigenvalue weighted by atomic mass is 10.2. The smallest absolute Gasteiger partial charge is 0.435 e. The number of carbonyl (C=O) groups is 1. The van der Waals surface area contributed by atoms with Crippen molar-refractivity contribution in [1.29, 1.82) is 0 Å². The molecule has 0 aliphatic heterocycles. The summed E-state index contributed by atoms with van der Waals surface area (Å²) in [6.07, 6.45) is -4.45. The molecular formula is C13H19F3N4O2. The first-order chi connectivity index (χ1) is 10.1. The zero-order valence-electron chi connectivity index (χ0n) is 12.6. The van der Waals surface area contributed by atoms with E-state index in [1.807, 2.05) is 0 Å². The lowest BCUT2D eigenvalue weighted by molar-refractivity contribution is -0.141. The van der Waals surface area contributed by atoms with Gasteiger partial charge in [0.15, 0.2) is 5.69 Å². The molecule has 1 aromatic rings. The molecule has 0 spiro atoms. The Hall–Kier alpha value is -2.06. The highest BCUT2D eigenvalue weighted by molar-refractivity contribution is 5.67. The number of hydrogen-bond donors (Lipinski definition) is 2. The molecule has 0 saturated carbocycles. The summed E-state index contributed by atoms with van der Waals surface area (Å²) < 4.78 is 41.9. The summed E-state index contributed by atoms with van der Waals surface area (Å²) >= 11 is 0. The molecule has 22 heavy (non-hydrogen) atoms. The van der Waals surface area contributed by atoms with Gasteiger partial charge in [0.05, 0.1) is 0 Å². The molecule has 1 heterocycles. The van der Waals surface area contributed by atoms with Crippen molar-refractivity contribution < 1.29 is 22.7 Å². The molecule has 0 fully saturated rings. The van der Waals surface area contributed by atoms with Crippen molar-refractivity contribution >= 4 is 11.9 Å². The first kappa shape index (κ1) is 18.0. The van der Waals surface area contributed by atoms with Crippen molar-refractivity contribution in [2.45, 2.75) is 39.0 Å². The van der Waals surface area contributed by atoms with Gasteiger partial charge in [0.2, 0.25) is 0 Å². The molecule has 0 aliphatic carbocycles. The normalized spacial score (nSPS) is 11.9. The van der Waals surface area contributed by atoms with Crippen molar-refractivity contribution in [3.05, 3.63) is 17.8 Å². The van der Waals surface area contributed by atoms with Crippen LogP contribution < -0.4 is 10.6 Å². The number of amides is 1. The second-order valence-electron chi connectivity index (χ2n) is 5.51. The average molecular weight is 320 g/mol. The first-order valence-electron chi connectivity index (χ1n) is 6.69. The number of carbonyl (C=O) groups excluding carboxylic acids is 1. The lowest BCUT2D eigenvalue weighted by Gasteiger charge is -2.19. The summed E-state index contributed by atoms with van der Waals surface area (Å²) in [7, 11) is 0. The molecule has 0 aliphatic rings. The topological polar surface area (TPSA) is 76.1 Å². The number of nitrogens with one attached hydrogen (secondary N) is 2. The third-order valence-electron chi connectivity index (χ3n) is 2.28. The van der Waals surface area contributed by atoms with Crippen LogP contribution in [-0.4, -0.2) is 35.0 Å². The average Bonchev–Trinajstić information content (AvgIpc) is 2.35. The summed E-state index contributed by atoms with van der Waals surface area (Å²) in [5.41, 5.74) is -1.59. The Labute approximate surface area is 126 Å². The third-order valence-corrected chi connectivity index (χ3v) is 2.28. The van der Waals surface area contributed by atoms with E-state index in [0.29, 0.717) is 19.5 Å². The quantitative estimate of drug-likeness (QED) is 0.816. The maximum absolute atomic E-state index is 12.3. The largest absolute Gasteiger partial charge is 0.444 e. The number of ether oxygens (including phenoxy) is 1. The zero-order valence-corrected chi connectivity index (χ0v) is 12.6. The van der Waals surface area contributed by atoms with Crippen LogP contribution >= 0.6 is 0 Å². The highest BCUT2D eigenvalue weighted by Crippen LogP contribution is 2.26. The molecule has 0 radical (unpaired) electrons. The lowest BCUT2D eigenvalue weighted by Crippen LogP contribution is -2.33. The minimum atomic E-state index is -4.50. The van der Waals surface area contributed by atoms with Crippen LogP contribution in [0.5, 0.6) is 0 Å². The molecule has 0 bridgehead atoms. The van der Waals surface area contributed by atoms with Gasteiger partial charge < -0.3 is 15.4 Å². The SMILES string of the molecule is CC(C)(C)OC(=O)NCCCNc1ccc(C(F)(F)F)nn1. The molecule has 0 atom stereocenters. The standard InChI is InChI=1S/C13H19F3N4O2/c1-12(2,3)22-11(21)18-8-4-7-17-10-6-5-9(19-20-10)13(14,15)16/h5-6H,4,7-8H2,1-3H3,(H,17,20)(H,18,21). The van der Waals surface area contributed by atoms with Gasteiger partial charge in [0, 0.05) is 13.1 Å². The molecule has 124 valence electrons. The van der Waals surface area contributed by atoms with Crippen LogP contribution in [0.15, 0.2) is 12.1 Å². The van der Waals surface area contributed by atoms with E-state index < -0.39 is 23.6 Å². The molecule has 1 aromatic heterocycles. The predicted octanol–water partition coefficient (Wildman–Crippen LogP) is 2.82. The summed E-state index contributed by atoms with van der Waals surface area (Å²) in [5, 5.41) is 11.9. The molecule has 1 rings (SSSR count). The minimum absolute atomic E-state index is 0.241. The van der Waals surface area contributed by atoms with E-state index in [-0.39, 0.29) is 5.82 Å². The predicted molar refractivity (Wildman–Crippen MR) is 74.4 cm³/mol. The monoisotopic (exact) mass is 320 g/mol. The Balaban J connectivity index is 2.24. The Morgan fingerprint density at radius 1 is 1.18 bits per heavy atom. The van der Waals surface area contributed by atoms with Gasteiger partial charge in [0.1, 0.15) is 11.4 Å². The second-order valence-corrected chi connectivity index (χ2v) is 5.51. The van der Waals surface area contributed by atoms with Gasteiger partial charge in [0.25, 0.3) is 0 Å². The molecule has 0 unspecified atom stereocenters. The van der Waals surface area contributed by atoms with Crippen LogP contribution in [0.4, 0.5) is 23.8 Å². The van der Waals surface area contributed by atoms with Gasteiger partial charge in [-0.1, -0.05) is 0 Å². The molecule has 2 N–H and O–H groups in total. The van der Waals surface area contributed by atoms with E-state index in [2.05, 4.69) is 20.8 Å². The Morgan fingerprint density at radius 3 is 2.36 bits per heavy atom. The van der Waals surface area contributed by atoms with Crippen molar-refractivity contribution in [2.75, 3.05) is 18.4 Å². The number of aromatic nitrogens is 2. The zero-order chi connectivity index (χ0) is 16.8. The number of alkyl halides is 3. The molecule has 0 saturated heterocycles. The van der Waals surface area contributed by atoms with Crippen LogP contribution in [0.3, 0.4) is 0 Å². The molecule has 0 aromatic carbocycles. The van der Waals surface area contributed by atoms with Gasteiger partial charge in [-0.15, -0.1) is 10.2 Å². The van der Waals surface area contributed by atoms with E-state index in [4.69, 9.17) is 4.74 Å². The number of hydrogen-bond acceptors (Lipinski definition) is 5. The maximum Gasteiger partial charge on any atom is 0.435 e. The van der Waals surface area contributed by atoms with Crippen molar-refractivity contribution in [2.24, 2.45) is 0 Å². The fourth-order valence-corrected chi connectivity index (χ4v) is 1.39. The van der Waals surface area contributed by atoms with E-state index >= 15 is 0 Å². The number of anilines is 1. The van der Waals surface area contributed by atoms with E-state index in [1.165, 1.54) is 6.07 Å². The van der Waals surface area contributed by atoms with Crippen LogP contribution in [0.1, 0.15) is 32.9 Å². The van der Waals surface area contributed by atoms with Crippen molar-refractivity contribution in [3.8, 4) is 0 Å². The van der Waals surface area contributed by atoms with Crippen LogP contribution in [-0.2, 0) is 10.9 Å². The van der Waals surface area contributed by atoms with Crippen molar-refractivity contribution in [3.63, 3.8) is 0 Å². The Bertz CT molecular complexity index is 484. The van der Waals surface area contributed by atoms with Crippen molar-refractivity contribution in [1.82, 2.24) is 15.5 Å². The molecule has 1 amide bonds. The first-order valence-corrected chi connectivity index (χ1v) is 6.69. The highest BCUT2D eigenvalue weighted by atomic mass is 19.4. The number of halogens is 3. The summed E-state index contributed by atoms with van der Waals surface area (Å²) in [5.74, 6) is 0.241. The number of rotatable bonds is 5. The van der Waals surface area contributed by atoms with Crippen LogP contribution in [0.25, 0.3) is 0 Å².